The number of hydrogen-bond donors (Lipinski definition) is 3. The van der Waals surface area contributed by atoms with Crippen LogP contribution in [0.25, 0.3) is 0 Å². The summed E-state index contributed by atoms with van der Waals surface area (Å²) in [6.07, 6.45) is 5.75. The van der Waals surface area contributed by atoms with Crippen LogP contribution in [0.3, 0.4) is 0 Å². The molecule has 10 nitrogen and oxygen atoms in total. The summed E-state index contributed by atoms with van der Waals surface area (Å²) in [6, 6.07) is -0.993. The van der Waals surface area contributed by atoms with Crippen molar-refractivity contribution >= 4 is 29.6 Å². The van der Waals surface area contributed by atoms with Gasteiger partial charge in [-0.25, -0.2) is 4.79 Å². The highest BCUT2D eigenvalue weighted by Gasteiger charge is 2.44. The minimum Gasteiger partial charge on any atom is -0.444 e. The number of primary amides is 1. The lowest BCUT2D eigenvalue weighted by molar-refractivity contribution is -0.141. The molecule has 0 bridgehead atoms. The van der Waals surface area contributed by atoms with Crippen LogP contribution in [-0.2, 0) is 23.9 Å². The van der Waals surface area contributed by atoms with Crippen molar-refractivity contribution in [2.24, 2.45) is 11.7 Å². The van der Waals surface area contributed by atoms with Crippen molar-refractivity contribution in [3.8, 4) is 0 Å². The zero-order valence-electron chi connectivity index (χ0n) is 21.6. The number of ketones is 1. The summed E-state index contributed by atoms with van der Waals surface area (Å²) in [7, 11) is 0. The maximum atomic E-state index is 13.4. The van der Waals surface area contributed by atoms with Gasteiger partial charge in [-0.15, -0.1) is 0 Å². The van der Waals surface area contributed by atoms with Crippen molar-refractivity contribution in [1.29, 1.82) is 0 Å². The topological polar surface area (TPSA) is 148 Å². The molecule has 2 fully saturated rings. The van der Waals surface area contributed by atoms with E-state index in [-0.39, 0.29) is 11.8 Å². The minimum atomic E-state index is -1.12. The van der Waals surface area contributed by atoms with Crippen LogP contribution in [0.2, 0.25) is 0 Å². The molecule has 1 saturated heterocycles. The molecule has 0 aromatic heterocycles. The fourth-order valence-electron chi connectivity index (χ4n) is 4.70. The number of unbranched alkanes of at least 4 members (excludes halogenated alkanes) is 1. The third-order valence-electron chi connectivity index (χ3n) is 6.73. The van der Waals surface area contributed by atoms with E-state index in [9.17, 15) is 24.0 Å². The van der Waals surface area contributed by atoms with E-state index >= 15 is 0 Å². The molecule has 0 spiro atoms. The van der Waals surface area contributed by atoms with Gasteiger partial charge in [0, 0.05) is 19.0 Å². The highest BCUT2D eigenvalue weighted by molar-refractivity contribution is 6.37. The van der Waals surface area contributed by atoms with Gasteiger partial charge in [0.2, 0.25) is 17.6 Å². The Morgan fingerprint density at radius 2 is 1.66 bits per heavy atom. The molecule has 0 unspecified atom stereocenters. The lowest BCUT2D eigenvalue weighted by atomic mass is 9.79. The first kappa shape index (κ1) is 28.6. The summed E-state index contributed by atoms with van der Waals surface area (Å²) >= 11 is 0. The predicted octanol–water partition coefficient (Wildman–Crippen LogP) is 2.18. The van der Waals surface area contributed by atoms with Gasteiger partial charge in [-0.2, -0.15) is 0 Å². The predicted molar refractivity (Wildman–Crippen MR) is 130 cm³/mol. The Morgan fingerprint density at radius 1 is 1.06 bits per heavy atom. The average Bonchev–Trinajstić information content (AvgIpc) is 2.80. The fourth-order valence-corrected chi connectivity index (χ4v) is 4.70. The largest absolute Gasteiger partial charge is 0.444 e. The molecule has 10 heteroatoms. The van der Waals surface area contributed by atoms with E-state index in [1.807, 2.05) is 27.7 Å². The molecule has 0 aromatic carbocycles. The van der Waals surface area contributed by atoms with Crippen LogP contribution in [0.1, 0.15) is 91.9 Å². The molecule has 1 aliphatic heterocycles. The van der Waals surface area contributed by atoms with E-state index in [4.69, 9.17) is 10.5 Å². The van der Waals surface area contributed by atoms with E-state index in [1.165, 1.54) is 0 Å². The number of piperidine rings is 1. The van der Waals surface area contributed by atoms with E-state index in [2.05, 4.69) is 10.6 Å². The van der Waals surface area contributed by atoms with Crippen molar-refractivity contribution in [3.05, 3.63) is 0 Å². The van der Waals surface area contributed by atoms with Gasteiger partial charge in [-0.1, -0.05) is 39.0 Å². The van der Waals surface area contributed by atoms with Crippen LogP contribution in [0.4, 0.5) is 4.79 Å². The van der Waals surface area contributed by atoms with Gasteiger partial charge in [0.15, 0.2) is 0 Å². The molecule has 2 aliphatic rings. The summed E-state index contributed by atoms with van der Waals surface area (Å²) < 4.78 is 5.42. The number of nitrogens with one attached hydrogen (secondary N) is 2. The van der Waals surface area contributed by atoms with Gasteiger partial charge in [-0.05, 0) is 52.9 Å². The Bertz CT molecular complexity index is 792. The molecule has 35 heavy (non-hydrogen) atoms. The highest BCUT2D eigenvalue weighted by atomic mass is 16.6. The van der Waals surface area contributed by atoms with Crippen molar-refractivity contribution in [2.75, 3.05) is 13.1 Å². The summed E-state index contributed by atoms with van der Waals surface area (Å²) in [6.45, 7) is 8.18. The van der Waals surface area contributed by atoms with Gasteiger partial charge in [0.25, 0.3) is 5.91 Å². The van der Waals surface area contributed by atoms with Crippen LogP contribution in [0.5, 0.6) is 0 Å². The number of carbonyl (C=O) groups excluding carboxylic acids is 5. The maximum absolute atomic E-state index is 13.4. The molecule has 1 aliphatic carbocycles. The standard InChI is InChI=1S/C25H42N4O6/c1-5-6-10-18(19(30)20(26)31)27-22(33)25(13-8-7-9-14-25)28-21(32)17-11-15-29(16-12-17)23(34)35-24(2,3)4/h17-18H,5-16H2,1-4H3,(H2,26,31)(H,27,33)(H,28,32)/t18-/m0/s1. The number of rotatable bonds is 9. The van der Waals surface area contributed by atoms with Gasteiger partial charge in [-0.3, -0.25) is 19.2 Å². The Kier molecular flexibility index (Phi) is 10.1. The van der Waals surface area contributed by atoms with Gasteiger partial charge in [0.1, 0.15) is 11.1 Å². The van der Waals surface area contributed by atoms with Gasteiger partial charge < -0.3 is 26.0 Å². The molecule has 4 amide bonds. The number of ether oxygens (including phenoxy) is 1. The Hall–Kier alpha value is -2.65. The quantitative estimate of drug-likeness (QED) is 0.419. The third-order valence-corrected chi connectivity index (χ3v) is 6.73. The SMILES string of the molecule is CCCC[C@H](NC(=O)C1(NC(=O)C2CCN(C(=O)OC(C)(C)C)CC2)CCCCC1)C(=O)C(N)=O. The first-order valence-corrected chi connectivity index (χ1v) is 12.8. The average molecular weight is 495 g/mol. The third kappa shape index (κ3) is 8.21. The van der Waals surface area contributed by atoms with Crippen LogP contribution < -0.4 is 16.4 Å². The lowest BCUT2D eigenvalue weighted by Gasteiger charge is -2.39. The minimum absolute atomic E-state index is 0.225. The molecule has 4 N–H and O–H groups in total. The zero-order valence-corrected chi connectivity index (χ0v) is 21.6. The smallest absolute Gasteiger partial charge is 0.410 e. The number of carbonyl (C=O) groups is 5. The van der Waals surface area contributed by atoms with Crippen LogP contribution in [0, 0.1) is 5.92 Å². The maximum Gasteiger partial charge on any atom is 0.410 e. The van der Waals surface area contributed by atoms with E-state index < -0.39 is 40.9 Å². The van der Waals surface area contributed by atoms with Crippen molar-refractivity contribution < 1.29 is 28.7 Å². The summed E-state index contributed by atoms with van der Waals surface area (Å²) in [4.78, 5) is 64.3. The Morgan fingerprint density at radius 3 is 2.17 bits per heavy atom. The normalized spacial score (nSPS) is 19.4. The van der Waals surface area contributed by atoms with E-state index in [0.717, 1.165) is 25.7 Å². The monoisotopic (exact) mass is 494 g/mol. The first-order chi connectivity index (χ1) is 16.4. The molecule has 0 radical (unpaired) electrons. The second-order valence-corrected chi connectivity index (χ2v) is 10.8. The van der Waals surface area contributed by atoms with Crippen molar-refractivity contribution in [1.82, 2.24) is 15.5 Å². The Balaban J connectivity index is 2.05. The molecule has 1 heterocycles. The number of nitrogens with zero attached hydrogens (tertiary/aromatic N) is 1. The second kappa shape index (κ2) is 12.4. The molecule has 0 aromatic rings. The van der Waals surface area contributed by atoms with Crippen molar-refractivity contribution in [3.63, 3.8) is 0 Å². The van der Waals surface area contributed by atoms with Crippen LogP contribution in [0.15, 0.2) is 0 Å². The molecular weight excluding hydrogens is 452 g/mol. The summed E-state index contributed by atoms with van der Waals surface area (Å²) in [5.74, 6) is -2.89. The number of amides is 4. The van der Waals surface area contributed by atoms with Crippen LogP contribution in [-0.4, -0.2) is 64.8 Å². The van der Waals surface area contributed by atoms with E-state index in [1.54, 1.807) is 4.90 Å². The van der Waals surface area contributed by atoms with Gasteiger partial charge >= 0.3 is 6.09 Å². The molecule has 198 valence electrons. The van der Waals surface area contributed by atoms with Crippen LogP contribution >= 0.6 is 0 Å². The van der Waals surface area contributed by atoms with E-state index in [0.29, 0.717) is 51.6 Å². The first-order valence-electron chi connectivity index (χ1n) is 12.8. The number of Topliss-reactive ketones (excluding diaryl/α,β-unsaturated/α-hetero) is 1. The fraction of sp³-hybridized carbons (Fsp3) is 0.800. The number of nitrogens with two attached hydrogens (primary N) is 1. The van der Waals surface area contributed by atoms with Gasteiger partial charge in [0.05, 0.1) is 6.04 Å². The molecule has 2 rings (SSSR count). The second-order valence-electron chi connectivity index (χ2n) is 10.8. The molecule has 1 saturated carbocycles. The number of likely N-dealkylation sites (tertiary alicyclic amines) is 1. The summed E-state index contributed by atoms with van der Waals surface area (Å²) in [5.41, 5.74) is 3.48. The number of hydrogen-bond acceptors (Lipinski definition) is 6. The van der Waals surface area contributed by atoms with Crippen molar-refractivity contribution in [2.45, 2.75) is 109 Å². The summed E-state index contributed by atoms with van der Waals surface area (Å²) in [5, 5.41) is 5.72. The zero-order chi connectivity index (χ0) is 26.2. The molecule has 1 atom stereocenters. The highest BCUT2D eigenvalue weighted by Crippen LogP contribution is 2.30. The lowest BCUT2D eigenvalue weighted by Crippen LogP contribution is -2.63. The molecular formula is C25H42N4O6. The Labute approximate surface area is 208 Å².